The molecular weight excluding hydrogens is 226 g/mol. The highest BCUT2D eigenvalue weighted by atomic mass is 16.4. The Kier molecular flexibility index (Phi) is 3.15. The van der Waals surface area contributed by atoms with Gasteiger partial charge in [-0.3, -0.25) is 9.78 Å². The first-order valence-corrected chi connectivity index (χ1v) is 5.76. The van der Waals surface area contributed by atoms with Crippen LogP contribution in [-0.2, 0) is 11.2 Å². The van der Waals surface area contributed by atoms with E-state index in [9.17, 15) is 9.90 Å². The minimum atomic E-state index is -0.935. The number of rotatable bonds is 4. The van der Waals surface area contributed by atoms with Crippen LogP contribution in [0, 0.1) is 5.41 Å². The van der Waals surface area contributed by atoms with Crippen molar-refractivity contribution >= 4 is 16.9 Å². The lowest BCUT2D eigenvalue weighted by Crippen LogP contribution is -2.27. The minimum absolute atomic E-state index is 0.427. The van der Waals surface area contributed by atoms with Gasteiger partial charge in [0.1, 0.15) is 0 Å². The van der Waals surface area contributed by atoms with Gasteiger partial charge in [0.05, 0.1) is 10.9 Å². The highest BCUT2D eigenvalue weighted by Gasteiger charge is 2.29. The fourth-order valence-corrected chi connectivity index (χ4v) is 1.89. The number of nitrogens with zero attached hydrogens (tertiary/aromatic N) is 1. The Morgan fingerprint density at radius 1 is 1.50 bits per heavy atom. The van der Waals surface area contributed by atoms with E-state index in [1.54, 1.807) is 13.1 Å². The summed E-state index contributed by atoms with van der Waals surface area (Å²) in [6.45, 7) is 5.30. The molecule has 3 nitrogen and oxygen atoms in total. The number of aromatic nitrogens is 1. The van der Waals surface area contributed by atoms with Gasteiger partial charge in [0.2, 0.25) is 0 Å². The molecule has 1 heterocycles. The van der Waals surface area contributed by atoms with E-state index in [2.05, 4.69) is 11.6 Å². The predicted molar refractivity (Wildman–Crippen MR) is 71.4 cm³/mol. The molecule has 0 spiro atoms. The zero-order valence-electron chi connectivity index (χ0n) is 10.3. The molecule has 0 radical (unpaired) electrons. The second kappa shape index (κ2) is 4.61. The lowest BCUT2D eigenvalue weighted by Gasteiger charge is -2.20. The van der Waals surface area contributed by atoms with Gasteiger partial charge in [-0.05, 0) is 37.1 Å². The zero-order valence-corrected chi connectivity index (χ0v) is 10.3. The van der Waals surface area contributed by atoms with Crippen LogP contribution >= 0.6 is 0 Å². The van der Waals surface area contributed by atoms with Crippen LogP contribution in [0.2, 0.25) is 0 Å². The van der Waals surface area contributed by atoms with Crippen LogP contribution in [0.3, 0.4) is 0 Å². The number of pyridine rings is 1. The van der Waals surface area contributed by atoms with Crippen LogP contribution in [0.4, 0.5) is 0 Å². The van der Waals surface area contributed by atoms with Crippen molar-refractivity contribution in [3.8, 4) is 0 Å². The first-order valence-electron chi connectivity index (χ1n) is 5.76. The molecule has 3 heteroatoms. The molecule has 1 aromatic heterocycles. The van der Waals surface area contributed by atoms with Crippen LogP contribution in [0.25, 0.3) is 10.9 Å². The summed E-state index contributed by atoms with van der Waals surface area (Å²) in [6.07, 6.45) is 3.66. The van der Waals surface area contributed by atoms with Crippen molar-refractivity contribution in [2.24, 2.45) is 5.41 Å². The quantitative estimate of drug-likeness (QED) is 0.837. The molecular formula is C15H15NO2. The summed E-state index contributed by atoms with van der Waals surface area (Å²) in [5.41, 5.74) is 0.952. The molecule has 92 valence electrons. The van der Waals surface area contributed by atoms with Crippen LogP contribution in [0.1, 0.15) is 12.5 Å². The third kappa shape index (κ3) is 2.25. The van der Waals surface area contributed by atoms with Crippen LogP contribution < -0.4 is 0 Å². The van der Waals surface area contributed by atoms with Gasteiger partial charge in [-0.25, -0.2) is 0 Å². The molecule has 18 heavy (non-hydrogen) atoms. The van der Waals surface area contributed by atoms with Gasteiger partial charge in [-0.2, -0.15) is 0 Å². The second-order valence-electron chi connectivity index (χ2n) is 4.63. The summed E-state index contributed by atoms with van der Waals surface area (Å²) >= 11 is 0. The second-order valence-corrected chi connectivity index (χ2v) is 4.63. The topological polar surface area (TPSA) is 50.2 Å². The third-order valence-corrected chi connectivity index (χ3v) is 3.18. The zero-order chi connectivity index (χ0) is 13.2. The van der Waals surface area contributed by atoms with Crippen molar-refractivity contribution in [3.05, 3.63) is 54.7 Å². The fraction of sp³-hybridized carbons (Fsp3) is 0.200. The van der Waals surface area contributed by atoms with E-state index in [0.29, 0.717) is 6.42 Å². The Bertz CT molecular complexity index is 606. The summed E-state index contributed by atoms with van der Waals surface area (Å²) in [7, 11) is 0. The Morgan fingerprint density at radius 2 is 2.28 bits per heavy atom. The van der Waals surface area contributed by atoms with E-state index in [-0.39, 0.29) is 0 Å². The molecule has 1 aromatic carbocycles. The number of hydrogen-bond acceptors (Lipinski definition) is 2. The average Bonchev–Trinajstić information content (AvgIpc) is 2.38. The van der Waals surface area contributed by atoms with Crippen LogP contribution in [-0.4, -0.2) is 16.1 Å². The van der Waals surface area contributed by atoms with Gasteiger partial charge in [-0.15, -0.1) is 6.58 Å². The first kappa shape index (κ1) is 12.3. The molecule has 0 aliphatic carbocycles. The molecule has 0 aliphatic heterocycles. The maximum atomic E-state index is 11.2. The summed E-state index contributed by atoms with van der Waals surface area (Å²) in [5.74, 6) is -0.858. The van der Waals surface area contributed by atoms with E-state index in [4.69, 9.17) is 0 Å². The summed E-state index contributed by atoms with van der Waals surface area (Å²) in [5, 5.41) is 10.2. The summed E-state index contributed by atoms with van der Waals surface area (Å²) in [6, 6.07) is 9.65. The number of carboxylic acids is 1. The Hall–Kier alpha value is -2.16. The Balaban J connectivity index is 2.37. The lowest BCUT2D eigenvalue weighted by molar-refractivity contribution is -0.145. The highest BCUT2D eigenvalue weighted by molar-refractivity contribution is 5.80. The minimum Gasteiger partial charge on any atom is -0.481 e. The van der Waals surface area contributed by atoms with E-state index in [1.165, 1.54) is 6.08 Å². The van der Waals surface area contributed by atoms with Crippen LogP contribution in [0.15, 0.2) is 49.2 Å². The van der Waals surface area contributed by atoms with Crippen molar-refractivity contribution in [3.63, 3.8) is 0 Å². The van der Waals surface area contributed by atoms with Gasteiger partial charge in [0.25, 0.3) is 0 Å². The fourth-order valence-electron chi connectivity index (χ4n) is 1.89. The average molecular weight is 241 g/mol. The van der Waals surface area contributed by atoms with Crippen molar-refractivity contribution < 1.29 is 9.90 Å². The maximum absolute atomic E-state index is 11.2. The van der Waals surface area contributed by atoms with Gasteiger partial charge < -0.3 is 5.11 Å². The molecule has 0 fully saturated rings. The molecule has 0 aliphatic rings. The first-order chi connectivity index (χ1) is 8.55. The molecule has 0 amide bonds. The smallest absolute Gasteiger partial charge is 0.313 e. The van der Waals surface area contributed by atoms with E-state index in [1.807, 2.05) is 30.3 Å². The number of benzene rings is 1. The van der Waals surface area contributed by atoms with Crippen LogP contribution in [0.5, 0.6) is 0 Å². The third-order valence-electron chi connectivity index (χ3n) is 3.18. The van der Waals surface area contributed by atoms with Gasteiger partial charge in [-0.1, -0.05) is 18.2 Å². The molecule has 1 N–H and O–H groups in total. The highest BCUT2D eigenvalue weighted by Crippen LogP contribution is 2.25. The number of aliphatic carboxylic acids is 1. The predicted octanol–water partition coefficient (Wildman–Crippen LogP) is 3.05. The SMILES string of the molecule is C=CC(C)(Cc1ccc2ncccc2c1)C(=O)O. The number of fused-ring (bicyclic) bond motifs is 1. The lowest BCUT2D eigenvalue weighted by atomic mass is 9.83. The standard InChI is InChI=1S/C15H15NO2/c1-3-15(2,14(17)18)10-11-6-7-13-12(9-11)5-4-8-16-13/h3-9H,1,10H2,2H3,(H,17,18). The molecule has 1 unspecified atom stereocenters. The molecule has 0 saturated carbocycles. The molecule has 2 aromatic rings. The largest absolute Gasteiger partial charge is 0.481 e. The normalized spacial score (nSPS) is 14.1. The number of hydrogen-bond donors (Lipinski definition) is 1. The Labute approximate surface area is 106 Å². The number of carbonyl (C=O) groups is 1. The number of carboxylic acid groups (broad SMARTS) is 1. The molecule has 0 saturated heterocycles. The van der Waals surface area contributed by atoms with Crippen molar-refractivity contribution in [1.82, 2.24) is 4.98 Å². The van der Waals surface area contributed by atoms with Crippen molar-refractivity contribution in [1.29, 1.82) is 0 Å². The maximum Gasteiger partial charge on any atom is 0.313 e. The van der Waals surface area contributed by atoms with E-state index >= 15 is 0 Å². The Morgan fingerprint density at radius 3 is 2.94 bits per heavy atom. The van der Waals surface area contributed by atoms with Gasteiger partial charge in [0, 0.05) is 11.6 Å². The van der Waals surface area contributed by atoms with Gasteiger partial charge in [0.15, 0.2) is 0 Å². The molecule has 0 bridgehead atoms. The summed E-state index contributed by atoms with van der Waals surface area (Å²) < 4.78 is 0. The van der Waals surface area contributed by atoms with Crippen molar-refractivity contribution in [2.75, 3.05) is 0 Å². The van der Waals surface area contributed by atoms with Gasteiger partial charge >= 0.3 is 5.97 Å². The van der Waals surface area contributed by atoms with E-state index in [0.717, 1.165) is 16.5 Å². The molecule has 1 atom stereocenters. The molecule has 2 rings (SSSR count). The van der Waals surface area contributed by atoms with E-state index < -0.39 is 11.4 Å². The summed E-state index contributed by atoms with van der Waals surface area (Å²) in [4.78, 5) is 15.5. The van der Waals surface area contributed by atoms with Crippen molar-refractivity contribution in [2.45, 2.75) is 13.3 Å². The monoisotopic (exact) mass is 241 g/mol.